The van der Waals surface area contributed by atoms with Crippen LogP contribution in [0.4, 0.5) is 5.69 Å². The summed E-state index contributed by atoms with van der Waals surface area (Å²) in [6.07, 6.45) is 0. The van der Waals surface area contributed by atoms with Gasteiger partial charge in [-0.3, -0.25) is 0 Å². The molecule has 0 aliphatic rings. The number of rotatable bonds is 5. The van der Waals surface area contributed by atoms with Gasteiger partial charge < -0.3 is 10.5 Å². The lowest BCUT2D eigenvalue weighted by Crippen LogP contribution is -2.24. The molecule has 1 aromatic heterocycles. The topological polar surface area (TPSA) is 94.3 Å². The zero-order valence-electron chi connectivity index (χ0n) is 10.2. The molecular formula is C11H13N3O3S2. The third kappa shape index (κ3) is 3.22. The lowest BCUT2D eigenvalue weighted by molar-refractivity contribution is 0.414. The minimum Gasteiger partial charge on any atom is -0.497 e. The molecular weight excluding hydrogens is 286 g/mol. The number of methoxy groups -OCH3 is 1. The summed E-state index contributed by atoms with van der Waals surface area (Å²) in [5.74, 6) is 0.510. The molecule has 2 aromatic rings. The van der Waals surface area contributed by atoms with Crippen molar-refractivity contribution >= 4 is 27.0 Å². The summed E-state index contributed by atoms with van der Waals surface area (Å²) in [7, 11) is -2.17. The van der Waals surface area contributed by atoms with Gasteiger partial charge in [-0.1, -0.05) is 0 Å². The van der Waals surface area contributed by atoms with Gasteiger partial charge in [0.15, 0.2) is 0 Å². The Bertz CT molecular complexity index is 654. The van der Waals surface area contributed by atoms with Gasteiger partial charge in [0.2, 0.25) is 10.0 Å². The zero-order chi connectivity index (χ0) is 13.9. The lowest BCUT2D eigenvalue weighted by Gasteiger charge is -2.09. The number of sulfonamides is 1. The van der Waals surface area contributed by atoms with Crippen LogP contribution < -0.4 is 15.2 Å². The number of aromatic nitrogens is 1. The number of nitrogens with two attached hydrogens (primary N) is 1. The van der Waals surface area contributed by atoms with Crippen LogP contribution in [0.3, 0.4) is 0 Å². The molecule has 0 aliphatic carbocycles. The van der Waals surface area contributed by atoms with Crippen LogP contribution in [0.25, 0.3) is 0 Å². The fourth-order valence-corrected chi connectivity index (χ4v) is 3.14. The first-order valence-electron chi connectivity index (χ1n) is 5.33. The predicted molar refractivity (Wildman–Crippen MR) is 73.5 cm³/mol. The molecule has 8 heteroatoms. The quantitative estimate of drug-likeness (QED) is 0.809. The van der Waals surface area contributed by atoms with Crippen molar-refractivity contribution in [3.63, 3.8) is 0 Å². The van der Waals surface area contributed by atoms with Crippen LogP contribution in [0.5, 0.6) is 5.75 Å². The first-order chi connectivity index (χ1) is 9.03. The summed E-state index contributed by atoms with van der Waals surface area (Å²) in [4.78, 5) is 4.03. The number of nitrogens with zero attached hydrogens (tertiary/aromatic N) is 1. The Hall–Kier alpha value is -1.64. The Balaban J connectivity index is 2.19. The van der Waals surface area contributed by atoms with Crippen LogP contribution in [-0.2, 0) is 16.6 Å². The number of thiazole rings is 1. The van der Waals surface area contributed by atoms with E-state index < -0.39 is 10.0 Å². The molecule has 0 atom stereocenters. The molecule has 0 amide bonds. The fourth-order valence-electron chi connectivity index (χ4n) is 1.47. The Kier molecular flexibility index (Phi) is 4.03. The SMILES string of the molecule is COc1ccc(S(=O)(=O)NCc2cscn2)c(N)c1. The molecule has 0 unspecified atom stereocenters. The van der Waals surface area contributed by atoms with E-state index in [9.17, 15) is 8.42 Å². The Morgan fingerprint density at radius 2 is 2.26 bits per heavy atom. The third-order valence-corrected chi connectivity index (χ3v) is 4.54. The van der Waals surface area contributed by atoms with E-state index in [4.69, 9.17) is 10.5 Å². The summed E-state index contributed by atoms with van der Waals surface area (Å²) in [5, 5.41) is 1.78. The van der Waals surface area contributed by atoms with Crippen molar-refractivity contribution in [2.24, 2.45) is 0 Å². The van der Waals surface area contributed by atoms with E-state index in [1.165, 1.54) is 30.6 Å². The van der Waals surface area contributed by atoms with Crippen LogP contribution in [-0.4, -0.2) is 20.5 Å². The monoisotopic (exact) mass is 299 g/mol. The molecule has 0 fully saturated rings. The summed E-state index contributed by atoms with van der Waals surface area (Å²) in [5.41, 5.74) is 8.17. The van der Waals surface area contributed by atoms with Crippen LogP contribution in [0.1, 0.15) is 5.69 Å². The van der Waals surface area contributed by atoms with Gasteiger partial charge in [-0.25, -0.2) is 18.1 Å². The van der Waals surface area contributed by atoms with Gasteiger partial charge in [-0.2, -0.15) is 0 Å². The second kappa shape index (κ2) is 5.55. The molecule has 2 rings (SSSR count). The molecule has 6 nitrogen and oxygen atoms in total. The second-order valence-corrected chi connectivity index (χ2v) is 6.16. The maximum absolute atomic E-state index is 12.1. The minimum absolute atomic E-state index is 0.0310. The third-order valence-electron chi connectivity index (χ3n) is 2.43. The molecule has 102 valence electrons. The summed E-state index contributed by atoms with van der Waals surface area (Å²) < 4.78 is 31.6. The zero-order valence-corrected chi connectivity index (χ0v) is 11.8. The predicted octanol–water partition coefficient (Wildman–Crippen LogP) is 1.21. The number of anilines is 1. The first kappa shape index (κ1) is 13.8. The van der Waals surface area contributed by atoms with E-state index in [1.807, 2.05) is 0 Å². The molecule has 1 heterocycles. The highest BCUT2D eigenvalue weighted by molar-refractivity contribution is 7.89. The average molecular weight is 299 g/mol. The molecule has 0 radical (unpaired) electrons. The van der Waals surface area contributed by atoms with Gasteiger partial charge in [0, 0.05) is 11.4 Å². The normalized spacial score (nSPS) is 11.4. The number of nitrogens with one attached hydrogen (secondary N) is 1. The maximum Gasteiger partial charge on any atom is 0.242 e. The van der Waals surface area contributed by atoms with Crippen molar-refractivity contribution in [1.82, 2.24) is 9.71 Å². The highest BCUT2D eigenvalue weighted by Crippen LogP contribution is 2.23. The standard InChI is InChI=1S/C11H13N3O3S2/c1-17-9-2-3-11(10(12)4-9)19(15,16)14-5-8-6-18-7-13-8/h2-4,6-7,14H,5,12H2,1H3. The summed E-state index contributed by atoms with van der Waals surface area (Å²) in [6, 6.07) is 4.43. The number of hydrogen-bond acceptors (Lipinski definition) is 6. The van der Waals surface area contributed by atoms with E-state index in [1.54, 1.807) is 17.0 Å². The van der Waals surface area contributed by atoms with E-state index in [0.29, 0.717) is 11.4 Å². The molecule has 0 spiro atoms. The van der Waals surface area contributed by atoms with Crippen molar-refractivity contribution in [3.05, 3.63) is 34.8 Å². The van der Waals surface area contributed by atoms with Crippen molar-refractivity contribution in [1.29, 1.82) is 0 Å². The van der Waals surface area contributed by atoms with Crippen molar-refractivity contribution in [2.45, 2.75) is 11.4 Å². The van der Waals surface area contributed by atoms with Gasteiger partial charge in [0.25, 0.3) is 0 Å². The van der Waals surface area contributed by atoms with Crippen molar-refractivity contribution in [2.75, 3.05) is 12.8 Å². The Morgan fingerprint density at radius 1 is 1.47 bits per heavy atom. The summed E-state index contributed by atoms with van der Waals surface area (Å²) >= 11 is 1.41. The maximum atomic E-state index is 12.1. The molecule has 1 aromatic carbocycles. The highest BCUT2D eigenvalue weighted by atomic mass is 32.2. The number of nitrogen functional groups attached to an aromatic ring is 1. The van der Waals surface area contributed by atoms with Crippen LogP contribution in [0.15, 0.2) is 34.0 Å². The smallest absolute Gasteiger partial charge is 0.242 e. The van der Waals surface area contributed by atoms with E-state index >= 15 is 0 Å². The average Bonchev–Trinajstić information content (AvgIpc) is 2.89. The molecule has 0 bridgehead atoms. The summed E-state index contributed by atoms with van der Waals surface area (Å²) in [6.45, 7) is 0.136. The second-order valence-electron chi connectivity index (χ2n) is 3.71. The lowest BCUT2D eigenvalue weighted by atomic mass is 10.3. The number of ether oxygens (including phenoxy) is 1. The number of hydrogen-bond donors (Lipinski definition) is 2. The molecule has 3 N–H and O–H groups in total. The van der Waals surface area contributed by atoms with Crippen molar-refractivity contribution in [3.8, 4) is 5.75 Å². The van der Waals surface area contributed by atoms with E-state index in [-0.39, 0.29) is 17.1 Å². The van der Waals surface area contributed by atoms with Gasteiger partial charge >= 0.3 is 0 Å². The van der Waals surface area contributed by atoms with Crippen LogP contribution in [0.2, 0.25) is 0 Å². The van der Waals surface area contributed by atoms with Crippen LogP contribution in [0, 0.1) is 0 Å². The first-order valence-corrected chi connectivity index (χ1v) is 7.76. The molecule has 0 saturated heterocycles. The minimum atomic E-state index is -3.66. The largest absolute Gasteiger partial charge is 0.497 e. The van der Waals surface area contributed by atoms with Crippen molar-refractivity contribution < 1.29 is 13.2 Å². The van der Waals surface area contributed by atoms with E-state index in [2.05, 4.69) is 9.71 Å². The van der Waals surface area contributed by atoms with E-state index in [0.717, 1.165) is 0 Å². The van der Waals surface area contributed by atoms with Gasteiger partial charge in [-0.05, 0) is 12.1 Å². The Labute approximate surface area is 115 Å². The highest BCUT2D eigenvalue weighted by Gasteiger charge is 2.17. The Morgan fingerprint density at radius 3 is 2.84 bits per heavy atom. The van der Waals surface area contributed by atoms with Gasteiger partial charge in [-0.15, -0.1) is 11.3 Å². The van der Waals surface area contributed by atoms with Gasteiger partial charge in [0.05, 0.1) is 30.5 Å². The molecule has 19 heavy (non-hydrogen) atoms. The number of benzene rings is 1. The molecule has 0 aliphatic heterocycles. The van der Waals surface area contributed by atoms with Gasteiger partial charge in [0.1, 0.15) is 10.6 Å². The fraction of sp³-hybridized carbons (Fsp3) is 0.182. The van der Waals surface area contributed by atoms with Crippen LogP contribution >= 0.6 is 11.3 Å². The molecule has 0 saturated carbocycles.